The number of urea groups is 1. The summed E-state index contributed by atoms with van der Waals surface area (Å²) in [5, 5.41) is 5.37. The molecule has 26 heavy (non-hydrogen) atoms. The van der Waals surface area contributed by atoms with Crippen LogP contribution < -0.4 is 5.32 Å². The Morgan fingerprint density at radius 3 is 2.58 bits per heavy atom. The molecule has 1 aromatic heterocycles. The molecule has 0 atom stereocenters. The van der Waals surface area contributed by atoms with Gasteiger partial charge in [-0.25, -0.2) is 4.79 Å². The molecule has 1 saturated heterocycles. The molecule has 0 radical (unpaired) electrons. The first-order valence-corrected chi connectivity index (χ1v) is 9.09. The number of carbonyl (C=O) groups excluding carboxylic acids is 1. The molecule has 3 aromatic rings. The van der Waals surface area contributed by atoms with Crippen molar-refractivity contribution < 1.29 is 9.21 Å². The maximum absolute atomic E-state index is 12.5. The zero-order chi connectivity index (χ0) is 18.1. The summed E-state index contributed by atoms with van der Waals surface area (Å²) in [5.41, 5.74) is 2.19. The van der Waals surface area contributed by atoms with E-state index in [0.29, 0.717) is 5.92 Å². The van der Waals surface area contributed by atoms with Crippen LogP contribution in [-0.4, -0.2) is 29.0 Å². The average molecular weight is 349 g/mol. The number of piperidine rings is 1. The first kappa shape index (κ1) is 16.6. The van der Waals surface area contributed by atoms with Gasteiger partial charge in [0.2, 0.25) is 0 Å². The maximum Gasteiger partial charge on any atom is 0.325 e. The summed E-state index contributed by atoms with van der Waals surface area (Å²) in [6, 6.07) is 15.2. The van der Waals surface area contributed by atoms with Crippen molar-refractivity contribution in [2.45, 2.75) is 32.6 Å². The van der Waals surface area contributed by atoms with Crippen molar-refractivity contribution in [3.8, 4) is 0 Å². The first-order chi connectivity index (χ1) is 12.6. The fraction of sp³-hybridized carbons (Fsp3) is 0.333. The first-order valence-electron chi connectivity index (χ1n) is 9.09. The third-order valence-corrected chi connectivity index (χ3v) is 5.29. The number of nitrogens with one attached hydrogen (secondary N) is 1. The molecule has 2 heterocycles. The minimum Gasteiger partial charge on any atom is -0.428 e. The van der Waals surface area contributed by atoms with Gasteiger partial charge in [0, 0.05) is 13.1 Å². The normalized spacial score (nSPS) is 15.4. The van der Waals surface area contributed by atoms with E-state index in [1.54, 1.807) is 0 Å². The van der Waals surface area contributed by atoms with Gasteiger partial charge in [-0.2, -0.15) is 4.98 Å². The minimum atomic E-state index is -0.136. The molecule has 4 rings (SSSR count). The number of benzene rings is 2. The van der Waals surface area contributed by atoms with Gasteiger partial charge in [0.1, 0.15) is 5.76 Å². The van der Waals surface area contributed by atoms with Crippen molar-refractivity contribution in [1.29, 1.82) is 0 Å². The lowest BCUT2D eigenvalue weighted by Gasteiger charge is -2.32. The van der Waals surface area contributed by atoms with Crippen LogP contribution in [0.4, 0.5) is 10.8 Å². The summed E-state index contributed by atoms with van der Waals surface area (Å²) >= 11 is 0. The second kappa shape index (κ2) is 6.83. The van der Waals surface area contributed by atoms with Crippen molar-refractivity contribution in [1.82, 2.24) is 9.88 Å². The number of oxazole rings is 1. The summed E-state index contributed by atoms with van der Waals surface area (Å²) in [6.07, 6.45) is 1.93. The van der Waals surface area contributed by atoms with Crippen molar-refractivity contribution in [2.24, 2.45) is 0 Å². The van der Waals surface area contributed by atoms with Gasteiger partial charge in [0.25, 0.3) is 0 Å². The van der Waals surface area contributed by atoms with Gasteiger partial charge in [-0.15, -0.1) is 0 Å². The Balaban J connectivity index is 1.43. The van der Waals surface area contributed by atoms with Gasteiger partial charge in [-0.3, -0.25) is 5.32 Å². The molecule has 5 heteroatoms. The van der Waals surface area contributed by atoms with Crippen molar-refractivity contribution >= 4 is 22.8 Å². The van der Waals surface area contributed by atoms with Crippen LogP contribution >= 0.6 is 0 Å². The Morgan fingerprint density at radius 1 is 1.12 bits per heavy atom. The SMILES string of the molecule is Cc1nc(NC(=O)N2CCC(c3cccc4ccccc34)CC2)oc1C. The van der Waals surface area contributed by atoms with Gasteiger partial charge in [-0.1, -0.05) is 42.5 Å². The monoisotopic (exact) mass is 349 g/mol. The van der Waals surface area contributed by atoms with Gasteiger partial charge in [0.05, 0.1) is 5.69 Å². The Hall–Kier alpha value is -2.82. The molecule has 0 bridgehead atoms. The zero-order valence-electron chi connectivity index (χ0n) is 15.2. The summed E-state index contributed by atoms with van der Waals surface area (Å²) in [6.45, 7) is 5.18. The second-order valence-electron chi connectivity index (χ2n) is 6.92. The highest BCUT2D eigenvalue weighted by Gasteiger charge is 2.25. The number of fused-ring (bicyclic) bond motifs is 1. The standard InChI is InChI=1S/C21H23N3O2/c1-14-15(2)26-20(22-14)23-21(25)24-12-10-17(11-13-24)19-9-5-7-16-6-3-4-8-18(16)19/h3-9,17H,10-13H2,1-2H3,(H,22,23,25). The molecule has 5 nitrogen and oxygen atoms in total. The quantitative estimate of drug-likeness (QED) is 0.719. The molecule has 1 aliphatic rings. The van der Waals surface area contributed by atoms with Crippen LogP contribution in [0, 0.1) is 13.8 Å². The van der Waals surface area contributed by atoms with Crippen molar-refractivity contribution in [3.05, 3.63) is 59.5 Å². The summed E-state index contributed by atoms with van der Waals surface area (Å²) in [5.74, 6) is 1.21. The number of nitrogens with zero attached hydrogens (tertiary/aromatic N) is 2. The molecule has 2 amide bonds. The Morgan fingerprint density at radius 2 is 1.85 bits per heavy atom. The number of rotatable bonds is 2. The maximum atomic E-state index is 12.5. The van der Waals surface area contributed by atoms with Crippen molar-refractivity contribution in [3.63, 3.8) is 0 Å². The van der Waals surface area contributed by atoms with E-state index in [9.17, 15) is 4.79 Å². The minimum absolute atomic E-state index is 0.136. The summed E-state index contributed by atoms with van der Waals surface area (Å²) in [4.78, 5) is 18.5. The predicted octanol–water partition coefficient (Wildman–Crippen LogP) is 4.86. The molecule has 0 saturated carbocycles. The number of carbonyl (C=O) groups is 1. The third kappa shape index (κ3) is 3.17. The van der Waals surface area contributed by atoms with Gasteiger partial charge in [0.15, 0.2) is 0 Å². The van der Waals surface area contributed by atoms with E-state index in [4.69, 9.17) is 4.42 Å². The number of hydrogen-bond donors (Lipinski definition) is 1. The van der Waals surface area contributed by atoms with E-state index >= 15 is 0 Å². The van der Waals surface area contributed by atoms with Crippen LogP contribution in [0.3, 0.4) is 0 Å². The third-order valence-electron chi connectivity index (χ3n) is 5.29. The Bertz CT molecular complexity index is 915. The predicted molar refractivity (Wildman–Crippen MR) is 102 cm³/mol. The molecule has 1 fully saturated rings. The van der Waals surface area contributed by atoms with Gasteiger partial charge in [-0.05, 0) is 48.9 Å². The number of likely N-dealkylation sites (tertiary alicyclic amines) is 1. The number of aromatic nitrogens is 1. The molecule has 2 aromatic carbocycles. The number of amides is 2. The smallest absolute Gasteiger partial charge is 0.325 e. The number of anilines is 1. The van der Waals surface area contributed by atoms with E-state index in [1.165, 1.54) is 16.3 Å². The Kier molecular flexibility index (Phi) is 4.37. The molecule has 1 aliphatic heterocycles. The zero-order valence-corrected chi connectivity index (χ0v) is 15.2. The fourth-order valence-corrected chi connectivity index (χ4v) is 3.70. The van der Waals surface area contributed by atoms with E-state index in [1.807, 2.05) is 18.7 Å². The lowest BCUT2D eigenvalue weighted by molar-refractivity contribution is 0.194. The highest BCUT2D eigenvalue weighted by molar-refractivity contribution is 5.88. The molecule has 1 N–H and O–H groups in total. The van der Waals surface area contributed by atoms with Gasteiger partial charge >= 0.3 is 12.0 Å². The van der Waals surface area contributed by atoms with Crippen LogP contribution in [0.2, 0.25) is 0 Å². The second-order valence-corrected chi connectivity index (χ2v) is 6.92. The topological polar surface area (TPSA) is 58.4 Å². The largest absolute Gasteiger partial charge is 0.428 e. The average Bonchev–Trinajstić information content (AvgIpc) is 2.98. The molecular weight excluding hydrogens is 326 g/mol. The number of hydrogen-bond acceptors (Lipinski definition) is 3. The fourth-order valence-electron chi connectivity index (χ4n) is 3.70. The summed E-state index contributed by atoms with van der Waals surface area (Å²) in [7, 11) is 0. The van der Waals surface area contributed by atoms with E-state index in [-0.39, 0.29) is 12.0 Å². The molecule has 0 spiro atoms. The van der Waals surface area contributed by atoms with Crippen LogP contribution in [0.25, 0.3) is 10.8 Å². The Labute approximate surface area is 153 Å². The highest BCUT2D eigenvalue weighted by atomic mass is 16.4. The molecule has 0 aliphatic carbocycles. The molecule has 134 valence electrons. The van der Waals surface area contributed by atoms with Crippen LogP contribution in [0.5, 0.6) is 0 Å². The van der Waals surface area contributed by atoms with Gasteiger partial charge < -0.3 is 9.32 Å². The lowest BCUT2D eigenvalue weighted by Crippen LogP contribution is -2.40. The summed E-state index contributed by atoms with van der Waals surface area (Å²) < 4.78 is 5.44. The molecular formula is C21H23N3O2. The van der Waals surface area contributed by atoms with Crippen LogP contribution in [0.15, 0.2) is 46.9 Å². The lowest BCUT2D eigenvalue weighted by atomic mass is 9.86. The highest BCUT2D eigenvalue weighted by Crippen LogP contribution is 2.33. The van der Waals surface area contributed by atoms with Crippen LogP contribution in [-0.2, 0) is 0 Å². The molecule has 0 unspecified atom stereocenters. The van der Waals surface area contributed by atoms with Crippen molar-refractivity contribution in [2.75, 3.05) is 18.4 Å². The van der Waals surface area contributed by atoms with E-state index < -0.39 is 0 Å². The number of aryl methyl sites for hydroxylation is 2. The van der Waals surface area contributed by atoms with E-state index in [0.717, 1.165) is 37.4 Å². The van der Waals surface area contributed by atoms with E-state index in [2.05, 4.69) is 52.8 Å². The van der Waals surface area contributed by atoms with Crippen LogP contribution in [0.1, 0.15) is 35.8 Å².